The Bertz CT molecular complexity index is 924. The largest absolute Gasteiger partial charge is 0.377 e. The van der Waals surface area contributed by atoms with Gasteiger partial charge in [-0.15, -0.1) is 0 Å². The summed E-state index contributed by atoms with van der Waals surface area (Å²) < 4.78 is 32.5. The highest BCUT2D eigenvalue weighted by Crippen LogP contribution is 2.14. The minimum Gasteiger partial charge on any atom is -0.377 e. The Balaban J connectivity index is 1.55. The lowest BCUT2D eigenvalue weighted by atomic mass is 10.2. The number of hydrogen-bond acceptors (Lipinski definition) is 5. The molecule has 3 rings (SSSR count). The fourth-order valence-electron chi connectivity index (χ4n) is 2.72. The third-order valence-electron chi connectivity index (χ3n) is 4.28. The van der Waals surface area contributed by atoms with Crippen molar-refractivity contribution in [1.29, 1.82) is 0 Å². The van der Waals surface area contributed by atoms with E-state index in [1.54, 1.807) is 30.3 Å². The monoisotopic (exact) mass is 403 g/mol. The molecule has 2 amide bonds. The SMILES string of the molecule is O=C(NNC(=O)c1ccc(S(=O)(=O)NCC2CCCO2)cc1)c1ccccc1. The van der Waals surface area contributed by atoms with E-state index in [1.807, 2.05) is 0 Å². The molecule has 2 aromatic carbocycles. The number of carbonyl (C=O) groups is 2. The normalized spacial score (nSPS) is 16.5. The zero-order valence-electron chi connectivity index (χ0n) is 15.1. The van der Waals surface area contributed by atoms with Gasteiger partial charge in [0.1, 0.15) is 0 Å². The Morgan fingerprint density at radius 1 is 0.929 bits per heavy atom. The molecule has 148 valence electrons. The molecule has 8 nitrogen and oxygen atoms in total. The first-order valence-electron chi connectivity index (χ1n) is 8.83. The summed E-state index contributed by atoms with van der Waals surface area (Å²) >= 11 is 0. The molecule has 0 bridgehead atoms. The maximum Gasteiger partial charge on any atom is 0.269 e. The number of carbonyl (C=O) groups excluding carboxylic acids is 2. The maximum absolute atomic E-state index is 12.3. The number of ether oxygens (including phenoxy) is 1. The molecule has 28 heavy (non-hydrogen) atoms. The van der Waals surface area contributed by atoms with Gasteiger partial charge in [0.2, 0.25) is 10.0 Å². The van der Waals surface area contributed by atoms with Crippen molar-refractivity contribution < 1.29 is 22.7 Å². The van der Waals surface area contributed by atoms with Gasteiger partial charge in [0.05, 0.1) is 11.0 Å². The third-order valence-corrected chi connectivity index (χ3v) is 5.72. The Morgan fingerprint density at radius 3 is 2.11 bits per heavy atom. The molecule has 0 aromatic heterocycles. The topological polar surface area (TPSA) is 114 Å². The van der Waals surface area contributed by atoms with Crippen molar-refractivity contribution in [2.24, 2.45) is 0 Å². The fourth-order valence-corrected chi connectivity index (χ4v) is 3.79. The van der Waals surface area contributed by atoms with Crippen LogP contribution in [-0.4, -0.2) is 39.5 Å². The molecule has 0 saturated carbocycles. The summed E-state index contributed by atoms with van der Waals surface area (Å²) in [5.41, 5.74) is 5.23. The van der Waals surface area contributed by atoms with Crippen molar-refractivity contribution in [3.8, 4) is 0 Å². The van der Waals surface area contributed by atoms with Gasteiger partial charge in [0.15, 0.2) is 0 Å². The van der Waals surface area contributed by atoms with E-state index in [1.165, 1.54) is 24.3 Å². The highest BCUT2D eigenvalue weighted by atomic mass is 32.2. The van der Waals surface area contributed by atoms with Crippen molar-refractivity contribution >= 4 is 21.8 Å². The van der Waals surface area contributed by atoms with Crippen LogP contribution in [0, 0.1) is 0 Å². The van der Waals surface area contributed by atoms with E-state index >= 15 is 0 Å². The standard InChI is InChI=1S/C19H21N3O5S/c23-18(14-5-2-1-3-6-14)21-22-19(24)15-8-10-17(11-9-15)28(25,26)20-13-16-7-4-12-27-16/h1-3,5-6,8-11,16,20H,4,7,12-13H2,(H,21,23)(H,22,24). The molecule has 1 heterocycles. The van der Waals surface area contributed by atoms with E-state index in [4.69, 9.17) is 4.74 Å². The van der Waals surface area contributed by atoms with Crippen molar-refractivity contribution in [2.75, 3.05) is 13.2 Å². The predicted octanol–water partition coefficient (Wildman–Crippen LogP) is 1.22. The van der Waals surface area contributed by atoms with E-state index in [2.05, 4.69) is 15.6 Å². The van der Waals surface area contributed by atoms with Crippen LogP contribution in [0.4, 0.5) is 0 Å². The number of amides is 2. The van der Waals surface area contributed by atoms with Gasteiger partial charge in [0, 0.05) is 24.3 Å². The second kappa shape index (κ2) is 8.96. The van der Waals surface area contributed by atoms with Gasteiger partial charge in [-0.3, -0.25) is 20.4 Å². The number of sulfonamides is 1. The van der Waals surface area contributed by atoms with Crippen LogP contribution in [0.5, 0.6) is 0 Å². The number of hydrazine groups is 1. The number of benzene rings is 2. The van der Waals surface area contributed by atoms with Crippen molar-refractivity contribution in [3.63, 3.8) is 0 Å². The summed E-state index contributed by atoms with van der Waals surface area (Å²) in [6.45, 7) is 0.868. The van der Waals surface area contributed by atoms with E-state index in [-0.39, 0.29) is 23.1 Å². The summed E-state index contributed by atoms with van der Waals surface area (Å²) in [5, 5.41) is 0. The number of hydrogen-bond donors (Lipinski definition) is 3. The molecule has 3 N–H and O–H groups in total. The minimum absolute atomic E-state index is 0.0513. The van der Waals surface area contributed by atoms with E-state index in [0.717, 1.165) is 12.8 Å². The molecule has 0 radical (unpaired) electrons. The second-order valence-corrected chi connectivity index (χ2v) is 8.05. The van der Waals surface area contributed by atoms with E-state index in [9.17, 15) is 18.0 Å². The van der Waals surface area contributed by atoms with Crippen LogP contribution in [0.2, 0.25) is 0 Å². The lowest BCUT2D eigenvalue weighted by molar-refractivity contribution is 0.0846. The molecule has 1 atom stereocenters. The van der Waals surface area contributed by atoms with E-state index < -0.39 is 21.8 Å². The van der Waals surface area contributed by atoms with Crippen LogP contribution < -0.4 is 15.6 Å². The van der Waals surface area contributed by atoms with Crippen molar-refractivity contribution in [3.05, 3.63) is 65.7 Å². The molecule has 0 spiro atoms. The first-order chi connectivity index (χ1) is 13.5. The van der Waals surface area contributed by atoms with Gasteiger partial charge in [-0.25, -0.2) is 13.1 Å². The lowest BCUT2D eigenvalue weighted by Crippen LogP contribution is -2.41. The summed E-state index contributed by atoms with van der Waals surface area (Å²) in [7, 11) is -3.68. The number of nitrogens with one attached hydrogen (secondary N) is 3. The molecule has 1 aliphatic rings. The Kier molecular flexibility index (Phi) is 6.40. The second-order valence-electron chi connectivity index (χ2n) is 6.29. The summed E-state index contributed by atoms with van der Waals surface area (Å²) in [5.74, 6) is -1.01. The molecule has 0 aliphatic carbocycles. The van der Waals surface area contributed by atoms with Gasteiger partial charge in [-0.1, -0.05) is 18.2 Å². The van der Waals surface area contributed by atoms with Crippen molar-refractivity contribution in [2.45, 2.75) is 23.8 Å². The maximum atomic E-state index is 12.3. The Morgan fingerprint density at radius 2 is 1.54 bits per heavy atom. The molecule has 1 unspecified atom stereocenters. The highest BCUT2D eigenvalue weighted by molar-refractivity contribution is 7.89. The van der Waals surface area contributed by atoms with Crippen LogP contribution in [0.25, 0.3) is 0 Å². The molecular weight excluding hydrogens is 382 g/mol. The zero-order chi connectivity index (χ0) is 20.0. The minimum atomic E-state index is -3.68. The van der Waals surface area contributed by atoms with Gasteiger partial charge < -0.3 is 4.74 Å². The summed E-state index contributed by atoms with van der Waals surface area (Å²) in [4.78, 5) is 24.1. The Labute approximate surface area is 163 Å². The zero-order valence-corrected chi connectivity index (χ0v) is 15.9. The smallest absolute Gasteiger partial charge is 0.269 e. The molecule has 1 saturated heterocycles. The fraction of sp³-hybridized carbons (Fsp3) is 0.263. The van der Waals surface area contributed by atoms with Gasteiger partial charge in [-0.2, -0.15) is 0 Å². The third kappa shape index (κ3) is 5.16. The van der Waals surface area contributed by atoms with Crippen LogP contribution in [0.3, 0.4) is 0 Å². The van der Waals surface area contributed by atoms with Gasteiger partial charge in [0.25, 0.3) is 11.8 Å². The van der Waals surface area contributed by atoms with Crippen molar-refractivity contribution in [1.82, 2.24) is 15.6 Å². The predicted molar refractivity (Wildman–Crippen MR) is 102 cm³/mol. The average molecular weight is 403 g/mol. The quantitative estimate of drug-likeness (QED) is 0.628. The average Bonchev–Trinajstić information content (AvgIpc) is 3.25. The van der Waals surface area contributed by atoms with Crippen LogP contribution in [-0.2, 0) is 14.8 Å². The first kappa shape index (κ1) is 20.0. The van der Waals surface area contributed by atoms with Gasteiger partial charge in [-0.05, 0) is 49.2 Å². The summed E-state index contributed by atoms with van der Waals surface area (Å²) in [6.07, 6.45) is 1.65. The first-order valence-corrected chi connectivity index (χ1v) is 10.3. The molecular formula is C19H21N3O5S. The van der Waals surface area contributed by atoms with Crippen LogP contribution in [0.1, 0.15) is 33.6 Å². The highest BCUT2D eigenvalue weighted by Gasteiger charge is 2.20. The van der Waals surface area contributed by atoms with Crippen LogP contribution >= 0.6 is 0 Å². The number of rotatable bonds is 6. The van der Waals surface area contributed by atoms with Gasteiger partial charge >= 0.3 is 0 Å². The summed E-state index contributed by atoms with van der Waals surface area (Å²) in [6, 6.07) is 13.9. The molecule has 2 aromatic rings. The molecule has 1 fully saturated rings. The Hall–Kier alpha value is -2.75. The lowest BCUT2D eigenvalue weighted by Gasteiger charge is -2.12. The van der Waals surface area contributed by atoms with Crippen LogP contribution in [0.15, 0.2) is 59.5 Å². The molecule has 1 aliphatic heterocycles. The molecule has 9 heteroatoms. The van der Waals surface area contributed by atoms with E-state index in [0.29, 0.717) is 12.2 Å².